The summed E-state index contributed by atoms with van der Waals surface area (Å²) in [4.78, 5) is 0.490. The highest BCUT2D eigenvalue weighted by Crippen LogP contribution is 2.34. The van der Waals surface area contributed by atoms with Crippen molar-refractivity contribution in [3.63, 3.8) is 0 Å². The SMILES string of the molecule is CCC(C)(C)NC1CS(=O)(=O)c2ccccc21. The van der Waals surface area contributed by atoms with E-state index in [4.69, 9.17) is 0 Å². The molecule has 1 unspecified atom stereocenters. The van der Waals surface area contributed by atoms with Gasteiger partial charge in [0.05, 0.1) is 10.6 Å². The minimum atomic E-state index is -3.10. The predicted octanol–water partition coefficient (Wildman–Crippen LogP) is 2.29. The standard InChI is InChI=1S/C13H19NO2S/c1-4-13(2,3)14-11-9-17(15,16)12-8-6-5-7-10(11)12/h5-8,11,14H,4,9H2,1-3H3. The molecule has 0 saturated heterocycles. The van der Waals surface area contributed by atoms with Crippen LogP contribution in [0.15, 0.2) is 29.2 Å². The number of nitrogens with one attached hydrogen (secondary N) is 1. The maximum atomic E-state index is 12.0. The smallest absolute Gasteiger partial charge is 0.180 e. The van der Waals surface area contributed by atoms with Gasteiger partial charge in [-0.25, -0.2) is 8.42 Å². The molecule has 0 saturated carbocycles. The second-order valence-electron chi connectivity index (χ2n) is 5.25. The average molecular weight is 253 g/mol. The molecule has 94 valence electrons. The van der Waals surface area contributed by atoms with Gasteiger partial charge in [-0.1, -0.05) is 25.1 Å². The Labute approximate surface area is 103 Å². The highest BCUT2D eigenvalue weighted by molar-refractivity contribution is 7.91. The maximum Gasteiger partial charge on any atom is 0.180 e. The first kappa shape index (κ1) is 12.6. The van der Waals surface area contributed by atoms with Crippen LogP contribution in [0, 0.1) is 0 Å². The summed E-state index contributed by atoms with van der Waals surface area (Å²) in [5.74, 6) is 0.176. The van der Waals surface area contributed by atoms with Crippen LogP contribution in [0.3, 0.4) is 0 Å². The molecule has 0 bridgehead atoms. The Morgan fingerprint density at radius 3 is 2.65 bits per heavy atom. The zero-order valence-corrected chi connectivity index (χ0v) is 11.3. The molecule has 1 aromatic carbocycles. The Morgan fingerprint density at radius 2 is 2.00 bits per heavy atom. The molecule has 0 radical (unpaired) electrons. The number of fused-ring (bicyclic) bond motifs is 1. The molecule has 0 amide bonds. The van der Waals surface area contributed by atoms with E-state index in [0.29, 0.717) is 4.90 Å². The maximum absolute atomic E-state index is 12.0. The molecule has 4 heteroatoms. The van der Waals surface area contributed by atoms with Gasteiger partial charge in [-0.15, -0.1) is 0 Å². The Kier molecular flexibility index (Phi) is 3.04. The lowest BCUT2D eigenvalue weighted by atomic mass is 9.98. The fraction of sp³-hybridized carbons (Fsp3) is 0.538. The quantitative estimate of drug-likeness (QED) is 0.899. The molecule has 0 spiro atoms. The van der Waals surface area contributed by atoms with Crippen molar-refractivity contribution in [2.75, 3.05) is 5.75 Å². The summed E-state index contributed by atoms with van der Waals surface area (Å²) in [5.41, 5.74) is 0.867. The van der Waals surface area contributed by atoms with Gasteiger partial charge >= 0.3 is 0 Å². The van der Waals surface area contributed by atoms with Crippen molar-refractivity contribution in [3.05, 3.63) is 29.8 Å². The third-order valence-electron chi connectivity index (χ3n) is 3.46. The van der Waals surface area contributed by atoms with E-state index in [9.17, 15) is 8.42 Å². The molecule has 0 aliphatic carbocycles. The third-order valence-corrected chi connectivity index (χ3v) is 5.28. The summed E-state index contributed by atoms with van der Waals surface area (Å²) < 4.78 is 24.0. The van der Waals surface area contributed by atoms with Gasteiger partial charge in [0.25, 0.3) is 0 Å². The van der Waals surface area contributed by atoms with E-state index in [1.54, 1.807) is 12.1 Å². The molecule has 0 fully saturated rings. The molecule has 1 aromatic rings. The van der Waals surface area contributed by atoms with Gasteiger partial charge in [-0.05, 0) is 31.9 Å². The highest BCUT2D eigenvalue weighted by atomic mass is 32.2. The first-order valence-electron chi connectivity index (χ1n) is 5.95. The Morgan fingerprint density at radius 1 is 1.35 bits per heavy atom. The molecule has 1 atom stereocenters. The van der Waals surface area contributed by atoms with E-state index in [1.165, 1.54) is 0 Å². The highest BCUT2D eigenvalue weighted by Gasteiger charge is 2.36. The monoisotopic (exact) mass is 253 g/mol. The fourth-order valence-electron chi connectivity index (χ4n) is 2.14. The number of hydrogen-bond acceptors (Lipinski definition) is 3. The second kappa shape index (κ2) is 4.10. The van der Waals surface area contributed by atoms with Crippen molar-refractivity contribution in [2.45, 2.75) is 43.7 Å². The lowest BCUT2D eigenvalue weighted by molar-refractivity contribution is 0.340. The number of hydrogen-bond donors (Lipinski definition) is 1. The second-order valence-corrected chi connectivity index (χ2v) is 7.26. The van der Waals surface area contributed by atoms with Crippen LogP contribution in [-0.2, 0) is 9.84 Å². The summed E-state index contributed by atoms with van der Waals surface area (Å²) in [6, 6.07) is 7.21. The average Bonchev–Trinajstić information content (AvgIpc) is 2.51. The molecule has 1 N–H and O–H groups in total. The molecule has 1 heterocycles. The molecule has 0 aromatic heterocycles. The van der Waals surface area contributed by atoms with E-state index < -0.39 is 9.84 Å². The van der Waals surface area contributed by atoms with Gasteiger partial charge in [0.1, 0.15) is 0 Å². The van der Waals surface area contributed by atoms with Crippen molar-refractivity contribution in [2.24, 2.45) is 0 Å². The fourth-order valence-corrected chi connectivity index (χ4v) is 3.88. The summed E-state index contributed by atoms with van der Waals surface area (Å²) in [6.45, 7) is 6.30. The van der Waals surface area contributed by atoms with Crippen molar-refractivity contribution in [3.8, 4) is 0 Å². The first-order valence-corrected chi connectivity index (χ1v) is 7.60. The molecular formula is C13H19NO2S. The molecule has 17 heavy (non-hydrogen) atoms. The summed E-state index contributed by atoms with van der Waals surface area (Å²) >= 11 is 0. The summed E-state index contributed by atoms with van der Waals surface area (Å²) in [5, 5.41) is 3.44. The van der Waals surface area contributed by atoms with Gasteiger partial charge in [-0.3, -0.25) is 0 Å². The summed E-state index contributed by atoms with van der Waals surface area (Å²) in [6.07, 6.45) is 0.964. The zero-order valence-electron chi connectivity index (χ0n) is 10.5. The van der Waals surface area contributed by atoms with Crippen molar-refractivity contribution in [1.29, 1.82) is 0 Å². The number of rotatable bonds is 3. The van der Waals surface area contributed by atoms with Gasteiger partial charge in [0.15, 0.2) is 9.84 Å². The van der Waals surface area contributed by atoms with E-state index in [2.05, 4.69) is 26.1 Å². The Balaban J connectivity index is 2.36. The zero-order chi connectivity index (χ0) is 12.7. The minimum Gasteiger partial charge on any atom is -0.304 e. The normalized spacial score (nSPS) is 22.4. The van der Waals surface area contributed by atoms with Crippen molar-refractivity contribution < 1.29 is 8.42 Å². The van der Waals surface area contributed by atoms with Gasteiger partial charge < -0.3 is 5.32 Å². The molecule has 1 aliphatic heterocycles. The molecule has 3 nitrogen and oxygen atoms in total. The van der Waals surface area contributed by atoms with Crippen LogP contribution in [0.2, 0.25) is 0 Å². The lowest BCUT2D eigenvalue weighted by Crippen LogP contribution is -2.41. The van der Waals surface area contributed by atoms with E-state index in [0.717, 1.165) is 12.0 Å². The summed E-state index contributed by atoms with van der Waals surface area (Å²) in [7, 11) is -3.10. The van der Waals surface area contributed by atoms with Gasteiger partial charge in [0.2, 0.25) is 0 Å². The van der Waals surface area contributed by atoms with E-state index in [-0.39, 0.29) is 17.3 Å². The number of sulfone groups is 1. The minimum absolute atomic E-state index is 0.0440. The Hall–Kier alpha value is -0.870. The largest absolute Gasteiger partial charge is 0.304 e. The van der Waals surface area contributed by atoms with Crippen LogP contribution in [0.4, 0.5) is 0 Å². The van der Waals surface area contributed by atoms with Crippen molar-refractivity contribution in [1.82, 2.24) is 5.32 Å². The predicted molar refractivity (Wildman–Crippen MR) is 68.7 cm³/mol. The Bertz CT molecular complexity index is 520. The van der Waals surface area contributed by atoms with Crippen LogP contribution in [0.5, 0.6) is 0 Å². The van der Waals surface area contributed by atoms with Crippen LogP contribution in [-0.4, -0.2) is 19.7 Å². The first-order chi connectivity index (χ1) is 7.86. The van der Waals surface area contributed by atoms with E-state index >= 15 is 0 Å². The molecule has 1 aliphatic rings. The van der Waals surface area contributed by atoms with Gasteiger partial charge in [-0.2, -0.15) is 0 Å². The number of benzene rings is 1. The van der Waals surface area contributed by atoms with Gasteiger partial charge in [0, 0.05) is 11.6 Å². The topological polar surface area (TPSA) is 46.2 Å². The molecular weight excluding hydrogens is 234 g/mol. The third kappa shape index (κ3) is 2.38. The lowest BCUT2D eigenvalue weighted by Gasteiger charge is -2.28. The van der Waals surface area contributed by atoms with Crippen LogP contribution in [0.25, 0.3) is 0 Å². The van der Waals surface area contributed by atoms with E-state index in [1.807, 2.05) is 12.1 Å². The van der Waals surface area contributed by atoms with Crippen LogP contribution in [0.1, 0.15) is 38.8 Å². The van der Waals surface area contributed by atoms with Crippen molar-refractivity contribution >= 4 is 9.84 Å². The molecule has 2 rings (SSSR count). The van der Waals surface area contributed by atoms with Crippen LogP contribution >= 0.6 is 0 Å². The van der Waals surface area contributed by atoms with Crippen LogP contribution < -0.4 is 5.32 Å².